The minimum Gasteiger partial charge on any atom is -0.480 e. The number of nitrogens with zero attached hydrogens (tertiary/aromatic N) is 1. The Kier molecular flexibility index (Phi) is 6.84. The van der Waals surface area contributed by atoms with Crippen molar-refractivity contribution in [1.82, 2.24) is 0 Å². The second-order valence-corrected chi connectivity index (χ2v) is 7.43. The van der Waals surface area contributed by atoms with Crippen LogP contribution in [0.4, 0.5) is 5.69 Å². The van der Waals surface area contributed by atoms with Gasteiger partial charge in [0.15, 0.2) is 6.61 Å². The molecule has 7 heteroatoms. The van der Waals surface area contributed by atoms with E-state index in [-0.39, 0.29) is 0 Å². The van der Waals surface area contributed by atoms with Gasteiger partial charge in [0.2, 0.25) is 0 Å². The summed E-state index contributed by atoms with van der Waals surface area (Å²) in [5.41, 5.74) is 1.37. The lowest BCUT2D eigenvalue weighted by molar-refractivity contribution is -0.139. The molecule has 0 amide bonds. The number of hydrogen-bond acceptors (Lipinski definition) is 4. The van der Waals surface area contributed by atoms with Gasteiger partial charge in [-0.05, 0) is 64.5 Å². The quantitative estimate of drug-likeness (QED) is 0.388. The van der Waals surface area contributed by atoms with Crippen molar-refractivity contribution in [3.8, 4) is 17.2 Å². The van der Waals surface area contributed by atoms with Gasteiger partial charge in [0.25, 0.3) is 0 Å². The van der Waals surface area contributed by atoms with E-state index in [1.54, 1.807) is 18.3 Å². The molecule has 0 unspecified atom stereocenters. The van der Waals surface area contributed by atoms with Gasteiger partial charge in [-0.2, -0.15) is 0 Å². The Morgan fingerprint density at radius 1 is 1.00 bits per heavy atom. The number of halogens is 2. The number of carboxylic acids is 1. The molecule has 3 aromatic carbocycles. The van der Waals surface area contributed by atoms with Crippen molar-refractivity contribution >= 4 is 49.7 Å². The molecule has 142 valence electrons. The number of aliphatic carboxylic acids is 1. The predicted molar refractivity (Wildman–Crippen MR) is 115 cm³/mol. The molecule has 5 nitrogen and oxygen atoms in total. The Morgan fingerprint density at radius 3 is 2.36 bits per heavy atom. The fourth-order valence-corrected chi connectivity index (χ4v) is 3.70. The molecule has 0 atom stereocenters. The van der Waals surface area contributed by atoms with Crippen LogP contribution in [0.3, 0.4) is 0 Å². The van der Waals surface area contributed by atoms with Gasteiger partial charge in [0, 0.05) is 16.3 Å². The standard InChI is InChI=1S/C21H15Br2NO4/c22-15-10-14(21(19(23)11-15)27-13-20(25)26)12-24-16-6-8-18(9-7-16)28-17-4-2-1-3-5-17/h1-12H,13H2,(H,25,26). The Balaban J connectivity index is 1.77. The summed E-state index contributed by atoms with van der Waals surface area (Å²) >= 11 is 6.80. The van der Waals surface area contributed by atoms with Crippen LogP contribution in [-0.4, -0.2) is 23.9 Å². The maximum Gasteiger partial charge on any atom is 0.341 e. The lowest BCUT2D eigenvalue weighted by Crippen LogP contribution is -2.11. The monoisotopic (exact) mass is 503 g/mol. The second-order valence-electron chi connectivity index (χ2n) is 5.66. The first-order valence-electron chi connectivity index (χ1n) is 8.22. The molecule has 0 heterocycles. The molecule has 0 aliphatic carbocycles. The zero-order valence-corrected chi connectivity index (χ0v) is 17.7. The number of para-hydroxylation sites is 1. The van der Waals surface area contributed by atoms with Crippen LogP contribution in [0, 0.1) is 0 Å². The summed E-state index contributed by atoms with van der Waals surface area (Å²) in [4.78, 5) is 15.3. The van der Waals surface area contributed by atoms with Crippen LogP contribution in [0.5, 0.6) is 17.2 Å². The maximum atomic E-state index is 10.8. The molecule has 0 aliphatic heterocycles. The average molecular weight is 505 g/mol. The number of aliphatic imine (C=N–C) groups is 1. The molecule has 0 spiro atoms. The maximum absolute atomic E-state index is 10.8. The van der Waals surface area contributed by atoms with E-state index in [0.717, 1.165) is 15.9 Å². The van der Waals surface area contributed by atoms with E-state index in [2.05, 4.69) is 36.9 Å². The molecule has 0 saturated carbocycles. The number of hydrogen-bond donors (Lipinski definition) is 1. The lowest BCUT2D eigenvalue weighted by atomic mass is 10.2. The SMILES string of the molecule is O=C(O)COc1c(Br)cc(Br)cc1C=Nc1ccc(Oc2ccccc2)cc1. The Hall–Kier alpha value is -2.64. The van der Waals surface area contributed by atoms with Gasteiger partial charge in [0.05, 0.1) is 10.2 Å². The van der Waals surface area contributed by atoms with E-state index >= 15 is 0 Å². The van der Waals surface area contributed by atoms with Crippen LogP contribution < -0.4 is 9.47 Å². The number of rotatable bonds is 7. The highest BCUT2D eigenvalue weighted by Crippen LogP contribution is 2.32. The fourth-order valence-electron chi connectivity index (χ4n) is 2.33. The Morgan fingerprint density at radius 2 is 1.68 bits per heavy atom. The van der Waals surface area contributed by atoms with Gasteiger partial charge < -0.3 is 14.6 Å². The van der Waals surface area contributed by atoms with Crippen molar-refractivity contribution in [2.75, 3.05) is 6.61 Å². The molecule has 0 aliphatic rings. The molecule has 3 rings (SSSR count). The zero-order valence-electron chi connectivity index (χ0n) is 14.5. The molecule has 0 saturated heterocycles. The summed E-state index contributed by atoms with van der Waals surface area (Å²) in [6.45, 7) is -0.438. The first kappa shape index (κ1) is 20.1. The van der Waals surface area contributed by atoms with E-state index in [0.29, 0.717) is 21.5 Å². The third kappa shape index (κ3) is 5.68. The van der Waals surface area contributed by atoms with Gasteiger partial charge >= 0.3 is 5.97 Å². The summed E-state index contributed by atoms with van der Waals surface area (Å²) in [5.74, 6) is 0.837. The lowest BCUT2D eigenvalue weighted by Gasteiger charge is -2.10. The van der Waals surface area contributed by atoms with Crippen molar-refractivity contribution in [3.63, 3.8) is 0 Å². The highest BCUT2D eigenvalue weighted by atomic mass is 79.9. The highest BCUT2D eigenvalue weighted by Gasteiger charge is 2.11. The molecule has 3 aromatic rings. The van der Waals surface area contributed by atoms with Crippen LogP contribution >= 0.6 is 31.9 Å². The number of benzene rings is 3. The van der Waals surface area contributed by atoms with Gasteiger partial charge in [-0.15, -0.1) is 0 Å². The smallest absolute Gasteiger partial charge is 0.341 e. The van der Waals surface area contributed by atoms with E-state index in [4.69, 9.17) is 14.6 Å². The average Bonchev–Trinajstić information content (AvgIpc) is 2.67. The van der Waals surface area contributed by atoms with Gasteiger partial charge in [-0.3, -0.25) is 4.99 Å². The van der Waals surface area contributed by atoms with E-state index < -0.39 is 12.6 Å². The second kappa shape index (κ2) is 9.52. The minimum atomic E-state index is -1.05. The first-order valence-corrected chi connectivity index (χ1v) is 9.80. The van der Waals surface area contributed by atoms with Gasteiger partial charge in [-0.25, -0.2) is 4.79 Å². The molecule has 0 bridgehead atoms. The van der Waals surface area contributed by atoms with Crippen LogP contribution in [0.1, 0.15) is 5.56 Å². The summed E-state index contributed by atoms with van der Waals surface area (Å²) in [5, 5.41) is 8.86. The van der Waals surface area contributed by atoms with Gasteiger partial charge in [0.1, 0.15) is 17.2 Å². The van der Waals surface area contributed by atoms with Crippen LogP contribution in [-0.2, 0) is 4.79 Å². The first-order chi connectivity index (χ1) is 13.5. The van der Waals surface area contributed by atoms with E-state index in [1.807, 2.05) is 54.6 Å². The molecule has 0 fully saturated rings. The third-order valence-corrected chi connectivity index (χ3v) is 4.59. The van der Waals surface area contributed by atoms with Crippen molar-refractivity contribution in [1.29, 1.82) is 0 Å². The number of carbonyl (C=O) groups is 1. The van der Waals surface area contributed by atoms with E-state index in [1.165, 1.54) is 0 Å². The van der Waals surface area contributed by atoms with Crippen molar-refractivity contribution in [3.05, 3.63) is 81.2 Å². The van der Waals surface area contributed by atoms with Crippen molar-refractivity contribution < 1.29 is 19.4 Å². The van der Waals surface area contributed by atoms with Crippen LogP contribution in [0.25, 0.3) is 0 Å². The van der Waals surface area contributed by atoms with E-state index in [9.17, 15) is 4.79 Å². The molecule has 0 radical (unpaired) electrons. The van der Waals surface area contributed by atoms with Crippen molar-refractivity contribution in [2.24, 2.45) is 4.99 Å². The number of carboxylic acid groups (broad SMARTS) is 1. The molecule has 1 N–H and O–H groups in total. The topological polar surface area (TPSA) is 68.1 Å². The zero-order chi connectivity index (χ0) is 19.9. The van der Waals surface area contributed by atoms with Crippen LogP contribution in [0.2, 0.25) is 0 Å². The van der Waals surface area contributed by atoms with Gasteiger partial charge in [-0.1, -0.05) is 34.1 Å². The molecular formula is C21H15Br2NO4. The summed E-state index contributed by atoms with van der Waals surface area (Å²) in [6, 6.07) is 20.4. The normalized spacial score (nSPS) is 10.8. The minimum absolute atomic E-state index is 0.415. The Bertz CT molecular complexity index is 989. The summed E-state index contributed by atoms with van der Waals surface area (Å²) in [6.07, 6.45) is 1.62. The summed E-state index contributed by atoms with van der Waals surface area (Å²) in [7, 11) is 0. The van der Waals surface area contributed by atoms with Crippen molar-refractivity contribution in [2.45, 2.75) is 0 Å². The highest BCUT2D eigenvalue weighted by molar-refractivity contribution is 9.11. The molecule has 0 aromatic heterocycles. The molecule has 28 heavy (non-hydrogen) atoms. The third-order valence-electron chi connectivity index (χ3n) is 3.55. The van der Waals surface area contributed by atoms with Crippen LogP contribution in [0.15, 0.2) is 80.7 Å². The Labute approximate surface area is 178 Å². The fraction of sp³-hybridized carbons (Fsp3) is 0.0476. The predicted octanol–water partition coefficient (Wildman–Crippen LogP) is 6.22. The summed E-state index contributed by atoms with van der Waals surface area (Å²) < 4.78 is 12.6. The molecular weight excluding hydrogens is 490 g/mol. The number of ether oxygens (including phenoxy) is 2. The largest absolute Gasteiger partial charge is 0.480 e.